The molecule has 1 aromatic heterocycles. The van der Waals surface area contributed by atoms with E-state index in [0.29, 0.717) is 12.5 Å². The van der Waals surface area contributed by atoms with Gasteiger partial charge in [-0.3, -0.25) is 15.1 Å². The Hall–Kier alpha value is -3.32. The van der Waals surface area contributed by atoms with Crippen molar-refractivity contribution in [2.45, 2.75) is 44.9 Å². The fourth-order valence-electron chi connectivity index (χ4n) is 4.24. The van der Waals surface area contributed by atoms with Gasteiger partial charge in [0, 0.05) is 23.1 Å². The van der Waals surface area contributed by atoms with Gasteiger partial charge in [0.15, 0.2) is 0 Å². The third-order valence-electron chi connectivity index (χ3n) is 6.07. The molecule has 0 aliphatic heterocycles. The summed E-state index contributed by atoms with van der Waals surface area (Å²) in [5.41, 5.74) is 5.12. The number of nitro groups is 1. The van der Waals surface area contributed by atoms with Crippen molar-refractivity contribution in [1.29, 1.82) is 0 Å². The lowest BCUT2D eigenvalue weighted by Gasteiger charge is -2.22. The van der Waals surface area contributed by atoms with Crippen LogP contribution < -0.4 is 4.80 Å². The van der Waals surface area contributed by atoms with Crippen molar-refractivity contribution in [3.8, 4) is 11.3 Å². The van der Waals surface area contributed by atoms with E-state index in [1.807, 2.05) is 17.0 Å². The van der Waals surface area contributed by atoms with E-state index in [0.717, 1.165) is 27.3 Å². The van der Waals surface area contributed by atoms with Crippen molar-refractivity contribution in [2.75, 3.05) is 6.54 Å². The van der Waals surface area contributed by atoms with Gasteiger partial charge in [-0.05, 0) is 48.9 Å². The molecule has 1 aliphatic rings. The second kappa shape index (κ2) is 10.5. The molecule has 0 amide bonds. The van der Waals surface area contributed by atoms with Gasteiger partial charge in [-0.1, -0.05) is 49.6 Å². The van der Waals surface area contributed by atoms with Crippen LogP contribution >= 0.6 is 11.3 Å². The number of aromatic nitrogens is 1. The van der Waals surface area contributed by atoms with Gasteiger partial charge >= 0.3 is 0 Å². The zero-order valence-electron chi connectivity index (χ0n) is 18.8. The molecule has 0 unspecified atom stereocenters. The summed E-state index contributed by atoms with van der Waals surface area (Å²) < 4.78 is 1.82. The molecule has 33 heavy (non-hydrogen) atoms. The molecule has 1 aliphatic carbocycles. The van der Waals surface area contributed by atoms with Crippen molar-refractivity contribution in [1.82, 2.24) is 4.68 Å². The van der Waals surface area contributed by atoms with E-state index < -0.39 is 4.92 Å². The van der Waals surface area contributed by atoms with Crippen LogP contribution in [0.25, 0.3) is 11.3 Å². The van der Waals surface area contributed by atoms with Crippen molar-refractivity contribution < 1.29 is 4.92 Å². The van der Waals surface area contributed by atoms with Crippen LogP contribution in [0.3, 0.4) is 0 Å². The maximum atomic E-state index is 11.0. The number of nitrogens with zero attached hydrogens (tertiary/aromatic N) is 4. The molecule has 0 radical (unpaired) electrons. The average molecular weight is 461 g/mol. The van der Waals surface area contributed by atoms with E-state index in [9.17, 15) is 10.1 Å². The molecule has 170 valence electrons. The van der Waals surface area contributed by atoms with E-state index in [1.54, 1.807) is 18.2 Å². The molecular formula is C26H28N4O2S. The van der Waals surface area contributed by atoms with Gasteiger partial charge in [0.25, 0.3) is 5.69 Å². The Balaban J connectivity index is 1.68. The lowest BCUT2D eigenvalue weighted by Crippen LogP contribution is -2.14. The van der Waals surface area contributed by atoms with Crippen molar-refractivity contribution in [3.05, 3.63) is 92.6 Å². The van der Waals surface area contributed by atoms with Crippen molar-refractivity contribution >= 4 is 22.7 Å². The van der Waals surface area contributed by atoms with Gasteiger partial charge in [0.05, 0.1) is 22.9 Å². The number of benzene rings is 2. The normalized spacial score (nSPS) is 15.5. The Labute approximate surface area is 197 Å². The summed E-state index contributed by atoms with van der Waals surface area (Å²) in [6.45, 7) is 6.24. The first-order valence-electron chi connectivity index (χ1n) is 11.3. The van der Waals surface area contributed by atoms with Gasteiger partial charge in [-0.25, -0.2) is 4.68 Å². The molecule has 3 aromatic rings. The van der Waals surface area contributed by atoms with Crippen LogP contribution in [-0.4, -0.2) is 21.9 Å². The minimum absolute atomic E-state index is 0.0647. The van der Waals surface area contributed by atoms with Gasteiger partial charge < -0.3 is 0 Å². The van der Waals surface area contributed by atoms with Gasteiger partial charge in [0.1, 0.15) is 0 Å². The molecule has 0 bridgehead atoms. The minimum Gasteiger partial charge on any atom is -0.258 e. The summed E-state index contributed by atoms with van der Waals surface area (Å²) in [5.74, 6) is 0.675. The number of hydrogen-bond acceptors (Lipinski definition) is 5. The van der Waals surface area contributed by atoms with Crippen LogP contribution in [0, 0.1) is 10.1 Å². The van der Waals surface area contributed by atoms with Crippen LogP contribution in [0.5, 0.6) is 0 Å². The molecule has 2 aromatic carbocycles. The third kappa shape index (κ3) is 5.37. The highest BCUT2D eigenvalue weighted by atomic mass is 32.1. The highest BCUT2D eigenvalue weighted by Crippen LogP contribution is 2.32. The number of rotatable bonds is 7. The molecule has 0 saturated heterocycles. The standard InChI is InChI=1S/C26H28N4O2S/c1-3-17-27-26-29(25(18-33-26)23-13-15-24(16-14-23)30(31)32)28-19(2)20-9-11-22(12-10-20)21-7-5-4-6-8-21/h3,9-16,18,21H,1,4-8,17H2,2H3. The maximum absolute atomic E-state index is 11.0. The largest absolute Gasteiger partial charge is 0.269 e. The topological polar surface area (TPSA) is 72.8 Å². The Kier molecular flexibility index (Phi) is 7.29. The average Bonchev–Trinajstić information content (AvgIpc) is 3.25. The molecule has 1 saturated carbocycles. The SMILES string of the molecule is C=CCN=c1scc(-c2ccc([N+](=O)[O-])cc2)n1N=C(C)c1ccc(C2CCCCC2)cc1. The van der Waals surface area contributed by atoms with E-state index >= 15 is 0 Å². The lowest BCUT2D eigenvalue weighted by molar-refractivity contribution is -0.384. The Morgan fingerprint density at radius 1 is 1.15 bits per heavy atom. The summed E-state index contributed by atoms with van der Waals surface area (Å²) >= 11 is 1.49. The number of thiazole rings is 1. The summed E-state index contributed by atoms with van der Waals surface area (Å²) in [4.78, 5) is 16.0. The highest BCUT2D eigenvalue weighted by molar-refractivity contribution is 7.07. The van der Waals surface area contributed by atoms with Crippen LogP contribution in [0.2, 0.25) is 0 Å². The van der Waals surface area contributed by atoms with Crippen LogP contribution in [0.1, 0.15) is 56.1 Å². The zero-order chi connectivity index (χ0) is 23.2. The van der Waals surface area contributed by atoms with E-state index in [1.165, 1.54) is 61.1 Å². The van der Waals surface area contributed by atoms with Gasteiger partial charge in [-0.2, -0.15) is 5.10 Å². The van der Waals surface area contributed by atoms with Crippen LogP contribution in [-0.2, 0) is 0 Å². The third-order valence-corrected chi connectivity index (χ3v) is 6.92. The Morgan fingerprint density at radius 3 is 2.48 bits per heavy atom. The summed E-state index contributed by atoms with van der Waals surface area (Å²) in [5, 5.41) is 17.9. The fraction of sp³-hybridized carbons (Fsp3) is 0.308. The smallest absolute Gasteiger partial charge is 0.258 e. The molecular weight excluding hydrogens is 432 g/mol. The number of hydrogen-bond donors (Lipinski definition) is 0. The van der Waals surface area contributed by atoms with Crippen LogP contribution in [0.4, 0.5) is 5.69 Å². The molecule has 1 heterocycles. The quantitative estimate of drug-likeness (QED) is 0.174. The molecule has 4 rings (SSSR count). The summed E-state index contributed by atoms with van der Waals surface area (Å²) in [6.07, 6.45) is 8.31. The monoisotopic (exact) mass is 460 g/mol. The van der Waals surface area contributed by atoms with Gasteiger partial charge in [-0.15, -0.1) is 17.9 Å². The predicted octanol–water partition coefficient (Wildman–Crippen LogP) is 6.53. The molecule has 6 nitrogen and oxygen atoms in total. The minimum atomic E-state index is -0.393. The van der Waals surface area contributed by atoms with Gasteiger partial charge in [0.2, 0.25) is 4.80 Å². The van der Waals surface area contributed by atoms with E-state index in [2.05, 4.69) is 35.8 Å². The lowest BCUT2D eigenvalue weighted by atomic mass is 9.84. The molecule has 1 fully saturated rings. The Bertz CT molecular complexity index is 1210. The summed E-state index contributed by atoms with van der Waals surface area (Å²) in [7, 11) is 0. The van der Waals surface area contributed by atoms with E-state index in [4.69, 9.17) is 5.10 Å². The van der Waals surface area contributed by atoms with E-state index in [-0.39, 0.29) is 5.69 Å². The molecule has 7 heteroatoms. The molecule has 0 atom stereocenters. The maximum Gasteiger partial charge on any atom is 0.269 e. The zero-order valence-corrected chi connectivity index (χ0v) is 19.6. The van der Waals surface area contributed by atoms with Crippen LogP contribution in [0.15, 0.2) is 76.7 Å². The fourth-order valence-corrected chi connectivity index (χ4v) is 5.08. The molecule has 0 spiro atoms. The van der Waals surface area contributed by atoms with Crippen molar-refractivity contribution in [3.63, 3.8) is 0 Å². The first-order valence-corrected chi connectivity index (χ1v) is 12.2. The first-order chi connectivity index (χ1) is 16.1. The number of non-ortho nitro benzene ring substituents is 1. The Morgan fingerprint density at radius 2 is 1.85 bits per heavy atom. The second-order valence-corrected chi connectivity index (χ2v) is 9.13. The first kappa shape index (κ1) is 22.9. The predicted molar refractivity (Wildman–Crippen MR) is 135 cm³/mol. The number of nitro benzene ring substituents is 1. The summed E-state index contributed by atoms with van der Waals surface area (Å²) in [6, 6.07) is 15.3. The van der Waals surface area contributed by atoms with Crippen molar-refractivity contribution in [2.24, 2.45) is 10.1 Å². The molecule has 0 N–H and O–H groups in total. The highest BCUT2D eigenvalue weighted by Gasteiger charge is 2.16. The second-order valence-electron chi connectivity index (χ2n) is 8.29.